The number of aliphatic hydroxyl groups is 1. The summed E-state index contributed by atoms with van der Waals surface area (Å²) < 4.78 is 0. The van der Waals surface area contributed by atoms with Crippen molar-refractivity contribution in [2.24, 2.45) is 5.92 Å². The minimum Gasteiger partial charge on any atom is -0.395 e. The van der Waals surface area contributed by atoms with Gasteiger partial charge in [0.1, 0.15) is 0 Å². The molecular weight excluding hydrogens is 216 g/mol. The van der Waals surface area contributed by atoms with Gasteiger partial charge in [0.25, 0.3) is 0 Å². The van der Waals surface area contributed by atoms with Crippen molar-refractivity contribution in [2.45, 2.75) is 51.6 Å². The van der Waals surface area contributed by atoms with Crippen molar-refractivity contribution in [2.75, 3.05) is 20.2 Å². The first-order valence-corrected chi connectivity index (χ1v) is 6.65. The average molecular weight is 242 g/mol. The van der Waals surface area contributed by atoms with Crippen molar-refractivity contribution >= 4 is 5.91 Å². The molecule has 3 unspecified atom stereocenters. The van der Waals surface area contributed by atoms with Crippen molar-refractivity contribution < 1.29 is 9.90 Å². The van der Waals surface area contributed by atoms with E-state index in [4.69, 9.17) is 5.11 Å². The molecule has 1 rings (SSSR count). The molecule has 0 aromatic heterocycles. The van der Waals surface area contributed by atoms with Crippen LogP contribution in [0.1, 0.15) is 39.5 Å². The van der Waals surface area contributed by atoms with Gasteiger partial charge < -0.3 is 10.4 Å². The topological polar surface area (TPSA) is 52.6 Å². The molecule has 0 heterocycles. The zero-order valence-electron chi connectivity index (χ0n) is 11.3. The van der Waals surface area contributed by atoms with Gasteiger partial charge in [-0.05, 0) is 32.7 Å². The predicted octanol–water partition coefficient (Wildman–Crippen LogP) is 0.994. The summed E-state index contributed by atoms with van der Waals surface area (Å²) >= 11 is 0. The molecule has 2 N–H and O–H groups in total. The van der Waals surface area contributed by atoms with E-state index in [9.17, 15) is 4.79 Å². The van der Waals surface area contributed by atoms with Gasteiger partial charge >= 0.3 is 0 Å². The molecule has 1 saturated carbocycles. The molecule has 1 aliphatic rings. The number of aliphatic hydroxyl groups excluding tert-OH is 1. The molecule has 0 spiro atoms. The molecule has 0 bridgehead atoms. The van der Waals surface area contributed by atoms with Gasteiger partial charge in [-0.2, -0.15) is 0 Å². The van der Waals surface area contributed by atoms with Crippen molar-refractivity contribution in [3.63, 3.8) is 0 Å². The number of carbonyl (C=O) groups is 1. The highest BCUT2D eigenvalue weighted by Gasteiger charge is 2.23. The Morgan fingerprint density at radius 3 is 2.71 bits per heavy atom. The summed E-state index contributed by atoms with van der Waals surface area (Å²) in [5.41, 5.74) is 0. The zero-order valence-corrected chi connectivity index (χ0v) is 11.3. The van der Waals surface area contributed by atoms with Crippen LogP contribution in [0.2, 0.25) is 0 Å². The first kappa shape index (κ1) is 14.5. The van der Waals surface area contributed by atoms with Crippen LogP contribution in [0, 0.1) is 5.92 Å². The van der Waals surface area contributed by atoms with Crippen LogP contribution in [-0.2, 0) is 4.79 Å². The predicted molar refractivity (Wildman–Crippen MR) is 68.7 cm³/mol. The average Bonchev–Trinajstić information content (AvgIpc) is 2.31. The summed E-state index contributed by atoms with van der Waals surface area (Å²) in [6.07, 6.45) is 4.83. The van der Waals surface area contributed by atoms with Gasteiger partial charge in [-0.1, -0.05) is 19.8 Å². The Labute approximate surface area is 104 Å². The van der Waals surface area contributed by atoms with Crippen LogP contribution in [0.3, 0.4) is 0 Å². The molecule has 0 saturated heterocycles. The van der Waals surface area contributed by atoms with Gasteiger partial charge in [0.05, 0.1) is 13.2 Å². The molecule has 1 aliphatic carbocycles. The molecule has 0 aromatic carbocycles. The SMILES string of the molecule is CC1CCCCC1NC(=O)CN(C)C(C)CO. The maximum Gasteiger partial charge on any atom is 0.234 e. The van der Waals surface area contributed by atoms with Gasteiger partial charge in [0.15, 0.2) is 0 Å². The van der Waals surface area contributed by atoms with E-state index >= 15 is 0 Å². The normalized spacial score (nSPS) is 26.9. The van der Waals surface area contributed by atoms with Crippen molar-refractivity contribution in [1.29, 1.82) is 0 Å². The van der Waals surface area contributed by atoms with Crippen LogP contribution in [-0.4, -0.2) is 48.2 Å². The maximum absolute atomic E-state index is 11.9. The number of hydrogen-bond acceptors (Lipinski definition) is 3. The smallest absolute Gasteiger partial charge is 0.234 e. The fraction of sp³-hybridized carbons (Fsp3) is 0.923. The lowest BCUT2D eigenvalue weighted by Crippen LogP contribution is -2.47. The first-order valence-electron chi connectivity index (χ1n) is 6.65. The summed E-state index contributed by atoms with van der Waals surface area (Å²) in [5, 5.41) is 12.1. The number of nitrogens with zero attached hydrogens (tertiary/aromatic N) is 1. The summed E-state index contributed by atoms with van der Waals surface area (Å²) in [5.74, 6) is 0.667. The van der Waals surface area contributed by atoms with Crippen molar-refractivity contribution in [3.8, 4) is 0 Å². The molecule has 4 nitrogen and oxygen atoms in total. The molecule has 3 atom stereocenters. The van der Waals surface area contributed by atoms with E-state index in [1.165, 1.54) is 19.3 Å². The quantitative estimate of drug-likeness (QED) is 0.756. The molecule has 100 valence electrons. The molecule has 0 aliphatic heterocycles. The number of likely N-dealkylation sites (N-methyl/N-ethyl adjacent to an activating group) is 1. The molecule has 4 heteroatoms. The highest BCUT2D eigenvalue weighted by atomic mass is 16.3. The van der Waals surface area contributed by atoms with E-state index in [0.717, 1.165) is 6.42 Å². The molecule has 0 radical (unpaired) electrons. The monoisotopic (exact) mass is 242 g/mol. The van der Waals surface area contributed by atoms with Crippen LogP contribution in [0.15, 0.2) is 0 Å². The Kier molecular flexibility index (Phi) is 5.92. The van der Waals surface area contributed by atoms with E-state index < -0.39 is 0 Å². The van der Waals surface area contributed by atoms with Crippen LogP contribution in [0.4, 0.5) is 0 Å². The Morgan fingerprint density at radius 1 is 1.47 bits per heavy atom. The molecule has 1 fully saturated rings. The largest absolute Gasteiger partial charge is 0.395 e. The highest BCUT2D eigenvalue weighted by molar-refractivity contribution is 5.78. The van der Waals surface area contributed by atoms with E-state index in [1.54, 1.807) is 0 Å². The third kappa shape index (κ3) is 4.64. The Bertz CT molecular complexity index is 246. The van der Waals surface area contributed by atoms with Gasteiger partial charge in [-0.25, -0.2) is 0 Å². The summed E-state index contributed by atoms with van der Waals surface area (Å²) in [6, 6.07) is 0.374. The first-order chi connectivity index (χ1) is 8.04. The molecule has 17 heavy (non-hydrogen) atoms. The lowest BCUT2D eigenvalue weighted by molar-refractivity contribution is -0.123. The lowest BCUT2D eigenvalue weighted by Gasteiger charge is -2.30. The minimum absolute atomic E-state index is 0.0320. The summed E-state index contributed by atoms with van der Waals surface area (Å²) in [7, 11) is 1.87. The van der Waals surface area contributed by atoms with Gasteiger partial charge in [0, 0.05) is 12.1 Å². The molecule has 1 amide bonds. The number of rotatable bonds is 5. The van der Waals surface area contributed by atoms with Gasteiger partial charge in [-0.15, -0.1) is 0 Å². The standard InChI is InChI=1S/C13H26N2O2/c1-10-6-4-5-7-12(10)14-13(17)8-15(3)11(2)9-16/h10-12,16H,4-9H2,1-3H3,(H,14,17). The third-order valence-electron chi connectivity index (χ3n) is 3.87. The van der Waals surface area contributed by atoms with Gasteiger partial charge in [-0.3, -0.25) is 9.69 Å². The number of nitrogens with one attached hydrogen (secondary N) is 1. The van der Waals surface area contributed by atoms with Crippen LogP contribution < -0.4 is 5.32 Å². The number of carbonyl (C=O) groups excluding carboxylic acids is 1. The molecule has 0 aromatic rings. The number of amides is 1. The molecular formula is C13H26N2O2. The Balaban J connectivity index is 2.33. The van der Waals surface area contributed by atoms with Crippen molar-refractivity contribution in [1.82, 2.24) is 10.2 Å². The van der Waals surface area contributed by atoms with E-state index in [-0.39, 0.29) is 18.6 Å². The second kappa shape index (κ2) is 6.97. The minimum atomic E-state index is 0.0320. The third-order valence-corrected chi connectivity index (χ3v) is 3.87. The zero-order chi connectivity index (χ0) is 12.8. The van der Waals surface area contributed by atoms with E-state index in [0.29, 0.717) is 18.5 Å². The second-order valence-corrected chi connectivity index (χ2v) is 5.38. The maximum atomic E-state index is 11.9. The Hall–Kier alpha value is -0.610. The van der Waals surface area contributed by atoms with Gasteiger partial charge in [0.2, 0.25) is 5.91 Å². The Morgan fingerprint density at radius 2 is 2.12 bits per heavy atom. The fourth-order valence-electron chi connectivity index (χ4n) is 2.30. The second-order valence-electron chi connectivity index (χ2n) is 5.38. The van der Waals surface area contributed by atoms with Crippen LogP contribution >= 0.6 is 0 Å². The van der Waals surface area contributed by atoms with Crippen molar-refractivity contribution in [3.05, 3.63) is 0 Å². The lowest BCUT2D eigenvalue weighted by atomic mass is 9.86. The van der Waals surface area contributed by atoms with Crippen LogP contribution in [0.25, 0.3) is 0 Å². The summed E-state index contributed by atoms with van der Waals surface area (Å²) in [6.45, 7) is 4.58. The highest BCUT2D eigenvalue weighted by Crippen LogP contribution is 2.23. The van der Waals surface area contributed by atoms with Crippen LogP contribution in [0.5, 0.6) is 0 Å². The summed E-state index contributed by atoms with van der Waals surface area (Å²) in [4.78, 5) is 13.7. The number of hydrogen-bond donors (Lipinski definition) is 2. The fourth-order valence-corrected chi connectivity index (χ4v) is 2.30. The van der Waals surface area contributed by atoms with E-state index in [1.807, 2.05) is 18.9 Å². The van der Waals surface area contributed by atoms with E-state index in [2.05, 4.69) is 12.2 Å².